The zero-order valence-electron chi connectivity index (χ0n) is 15.6. The first kappa shape index (κ1) is 19.4. The van der Waals surface area contributed by atoms with Gasteiger partial charge in [0.2, 0.25) is 0 Å². The molecule has 0 aliphatic rings. The number of carbonyl (C=O) groups excluding carboxylic acids is 1. The van der Waals surface area contributed by atoms with Crippen LogP contribution in [0.1, 0.15) is 10.4 Å². The van der Waals surface area contributed by atoms with E-state index in [1.165, 1.54) is 6.20 Å². The van der Waals surface area contributed by atoms with Gasteiger partial charge in [0.1, 0.15) is 22.9 Å². The molecule has 2 N–H and O–H groups in total. The van der Waals surface area contributed by atoms with Crippen LogP contribution in [0, 0.1) is 0 Å². The third-order valence-electron chi connectivity index (χ3n) is 4.25. The van der Waals surface area contributed by atoms with E-state index in [2.05, 4.69) is 15.3 Å². The second-order valence-corrected chi connectivity index (χ2v) is 6.81. The Morgan fingerprint density at radius 2 is 1.57 bits per heavy atom. The molecule has 0 aliphatic heterocycles. The minimum absolute atomic E-state index is 0.0858. The number of rotatable bonds is 5. The van der Waals surface area contributed by atoms with Gasteiger partial charge < -0.3 is 15.0 Å². The van der Waals surface area contributed by atoms with Gasteiger partial charge >= 0.3 is 0 Å². The first-order chi connectivity index (χ1) is 14.6. The molecule has 0 radical (unpaired) electrons. The van der Waals surface area contributed by atoms with E-state index in [-0.39, 0.29) is 5.56 Å². The van der Waals surface area contributed by atoms with Crippen molar-refractivity contribution in [1.29, 1.82) is 0 Å². The lowest BCUT2D eigenvalue weighted by molar-refractivity contribution is 0.102. The van der Waals surface area contributed by atoms with E-state index in [0.29, 0.717) is 33.6 Å². The number of hydrogen-bond acceptors (Lipinski definition) is 4. The van der Waals surface area contributed by atoms with E-state index >= 15 is 0 Å². The molecule has 0 fully saturated rings. The summed E-state index contributed by atoms with van der Waals surface area (Å²) in [5, 5.41) is 3.27. The van der Waals surface area contributed by atoms with Crippen molar-refractivity contribution in [3.63, 3.8) is 0 Å². The van der Waals surface area contributed by atoms with Crippen molar-refractivity contribution in [1.82, 2.24) is 9.97 Å². The third-order valence-corrected chi connectivity index (χ3v) is 4.50. The summed E-state index contributed by atoms with van der Waals surface area (Å²) in [4.78, 5) is 31.7. The largest absolute Gasteiger partial charge is 0.457 e. The topological polar surface area (TPSA) is 84.1 Å². The zero-order chi connectivity index (χ0) is 20.9. The highest BCUT2D eigenvalue weighted by molar-refractivity contribution is 6.30. The van der Waals surface area contributed by atoms with Crippen LogP contribution in [-0.4, -0.2) is 15.9 Å². The molecule has 0 unspecified atom stereocenters. The summed E-state index contributed by atoms with van der Waals surface area (Å²) >= 11 is 5.87. The minimum atomic E-state index is -0.553. The fraction of sp³-hybridized carbons (Fsp3) is 0. The number of carbonyl (C=O) groups is 1. The Morgan fingerprint density at radius 3 is 2.23 bits per heavy atom. The smallest absolute Gasteiger partial charge is 0.264 e. The van der Waals surface area contributed by atoms with Gasteiger partial charge in [0.05, 0.1) is 0 Å². The first-order valence-electron chi connectivity index (χ1n) is 9.08. The molecule has 3 aromatic carbocycles. The lowest BCUT2D eigenvalue weighted by Crippen LogP contribution is -2.24. The van der Waals surface area contributed by atoms with Crippen LogP contribution in [0.4, 0.5) is 5.69 Å². The number of benzene rings is 3. The third kappa shape index (κ3) is 4.56. The molecule has 30 heavy (non-hydrogen) atoms. The Bertz CT molecular complexity index is 1220. The summed E-state index contributed by atoms with van der Waals surface area (Å²) in [5.74, 6) is 1.15. The normalized spacial score (nSPS) is 10.4. The summed E-state index contributed by atoms with van der Waals surface area (Å²) in [5.41, 5.74) is 0.604. The van der Waals surface area contributed by atoms with Crippen LogP contribution in [0.15, 0.2) is 89.9 Å². The molecule has 0 saturated carbocycles. The van der Waals surface area contributed by atoms with Gasteiger partial charge in [-0.2, -0.15) is 0 Å². The molecule has 4 aromatic rings. The van der Waals surface area contributed by atoms with Gasteiger partial charge in [0.15, 0.2) is 0 Å². The highest BCUT2D eigenvalue weighted by atomic mass is 35.5. The van der Waals surface area contributed by atoms with Crippen molar-refractivity contribution in [2.24, 2.45) is 0 Å². The molecule has 0 aliphatic carbocycles. The number of halogens is 1. The van der Waals surface area contributed by atoms with Gasteiger partial charge in [0, 0.05) is 22.5 Å². The van der Waals surface area contributed by atoms with E-state index < -0.39 is 11.5 Å². The second-order valence-electron chi connectivity index (χ2n) is 6.38. The van der Waals surface area contributed by atoms with Gasteiger partial charge in [-0.25, -0.2) is 4.98 Å². The lowest BCUT2D eigenvalue weighted by atomic mass is 10.2. The van der Waals surface area contributed by atoms with E-state index in [9.17, 15) is 9.59 Å². The number of anilines is 1. The Kier molecular flexibility index (Phi) is 5.59. The molecule has 6 nitrogen and oxygen atoms in total. The van der Waals surface area contributed by atoms with Crippen LogP contribution < -0.4 is 15.6 Å². The number of hydrogen-bond donors (Lipinski definition) is 2. The number of nitrogens with one attached hydrogen (secondary N) is 2. The summed E-state index contributed by atoms with van der Waals surface area (Å²) in [7, 11) is 0. The summed E-state index contributed by atoms with van der Waals surface area (Å²) < 4.78 is 5.72. The fourth-order valence-corrected chi connectivity index (χ4v) is 2.87. The second kappa shape index (κ2) is 8.63. The predicted octanol–water partition coefficient (Wildman–Crippen LogP) is 5.13. The quantitative estimate of drug-likeness (QED) is 0.471. The number of aromatic amines is 1. The van der Waals surface area contributed by atoms with Crippen molar-refractivity contribution in [2.75, 3.05) is 5.32 Å². The van der Waals surface area contributed by atoms with E-state index in [4.69, 9.17) is 16.3 Å². The molecular formula is C23H16ClN3O3. The van der Waals surface area contributed by atoms with Crippen molar-refractivity contribution in [3.05, 3.63) is 106 Å². The molecule has 148 valence electrons. The average molecular weight is 418 g/mol. The van der Waals surface area contributed by atoms with Crippen molar-refractivity contribution in [3.8, 4) is 22.9 Å². The molecular weight excluding hydrogens is 402 g/mol. The molecule has 0 atom stereocenters. The Balaban J connectivity index is 1.46. The minimum Gasteiger partial charge on any atom is -0.457 e. The van der Waals surface area contributed by atoms with Gasteiger partial charge in [-0.3, -0.25) is 9.59 Å². The Hall–Kier alpha value is -3.90. The summed E-state index contributed by atoms with van der Waals surface area (Å²) in [6, 6.07) is 23.1. The van der Waals surface area contributed by atoms with Gasteiger partial charge in [-0.15, -0.1) is 0 Å². The van der Waals surface area contributed by atoms with E-state index in [0.717, 1.165) is 0 Å². The van der Waals surface area contributed by atoms with E-state index in [1.54, 1.807) is 48.5 Å². The standard InChI is InChI=1S/C23H16ClN3O3/c24-16-8-6-15(7-9-16)21-25-14-20(23(29)27-21)22(28)26-17-10-12-19(13-11-17)30-18-4-2-1-3-5-18/h1-14H,(H,26,28)(H,25,27,29). The number of nitrogens with zero attached hydrogens (tertiary/aromatic N) is 1. The number of ether oxygens (including phenoxy) is 1. The molecule has 0 spiro atoms. The van der Waals surface area contributed by atoms with Crippen LogP contribution in [-0.2, 0) is 0 Å². The predicted molar refractivity (Wildman–Crippen MR) is 116 cm³/mol. The fourth-order valence-electron chi connectivity index (χ4n) is 2.74. The molecule has 4 rings (SSSR count). The number of aromatic nitrogens is 2. The monoisotopic (exact) mass is 417 g/mol. The first-order valence-corrected chi connectivity index (χ1v) is 9.46. The van der Waals surface area contributed by atoms with Gasteiger partial charge in [-0.1, -0.05) is 29.8 Å². The molecule has 1 amide bonds. The van der Waals surface area contributed by atoms with Crippen LogP contribution in [0.3, 0.4) is 0 Å². The SMILES string of the molecule is O=C(Nc1ccc(Oc2ccccc2)cc1)c1cnc(-c2ccc(Cl)cc2)[nH]c1=O. The summed E-state index contributed by atoms with van der Waals surface area (Å²) in [6.45, 7) is 0. The molecule has 0 saturated heterocycles. The maximum Gasteiger partial charge on any atom is 0.264 e. The lowest BCUT2D eigenvalue weighted by Gasteiger charge is -2.08. The van der Waals surface area contributed by atoms with Crippen LogP contribution in [0.2, 0.25) is 5.02 Å². The number of H-pyrrole nitrogens is 1. The molecule has 7 heteroatoms. The summed E-state index contributed by atoms with van der Waals surface area (Å²) in [6.07, 6.45) is 1.25. The Labute approximate surface area is 177 Å². The van der Waals surface area contributed by atoms with Crippen molar-refractivity contribution >= 4 is 23.2 Å². The van der Waals surface area contributed by atoms with Gasteiger partial charge in [-0.05, 0) is 60.7 Å². The van der Waals surface area contributed by atoms with Crippen LogP contribution in [0.5, 0.6) is 11.5 Å². The van der Waals surface area contributed by atoms with Gasteiger partial charge in [0.25, 0.3) is 11.5 Å². The maximum absolute atomic E-state index is 12.5. The van der Waals surface area contributed by atoms with Crippen LogP contribution >= 0.6 is 11.6 Å². The van der Waals surface area contributed by atoms with E-state index in [1.807, 2.05) is 30.3 Å². The zero-order valence-corrected chi connectivity index (χ0v) is 16.4. The number of amides is 1. The molecule has 0 bridgehead atoms. The highest BCUT2D eigenvalue weighted by Crippen LogP contribution is 2.23. The maximum atomic E-state index is 12.5. The molecule has 1 heterocycles. The van der Waals surface area contributed by atoms with Crippen LogP contribution in [0.25, 0.3) is 11.4 Å². The highest BCUT2D eigenvalue weighted by Gasteiger charge is 2.13. The Morgan fingerprint density at radius 1 is 0.900 bits per heavy atom. The van der Waals surface area contributed by atoms with Crippen molar-refractivity contribution in [2.45, 2.75) is 0 Å². The molecule has 1 aromatic heterocycles. The van der Waals surface area contributed by atoms with Crippen molar-refractivity contribution < 1.29 is 9.53 Å². The average Bonchev–Trinajstić information content (AvgIpc) is 2.76. The number of para-hydroxylation sites is 1.